The molecule has 0 radical (unpaired) electrons. The molecule has 1 aromatic carbocycles. The summed E-state index contributed by atoms with van der Waals surface area (Å²) in [5.74, 6) is 1.48. The van der Waals surface area contributed by atoms with E-state index in [4.69, 9.17) is 21.1 Å². The van der Waals surface area contributed by atoms with Crippen molar-refractivity contribution < 1.29 is 14.3 Å². The van der Waals surface area contributed by atoms with Gasteiger partial charge in [0.15, 0.2) is 11.5 Å². The first-order chi connectivity index (χ1) is 13.1. The lowest BCUT2D eigenvalue weighted by atomic mass is 9.96. The molecule has 0 atom stereocenters. The minimum absolute atomic E-state index is 0.224. The van der Waals surface area contributed by atoms with Crippen molar-refractivity contribution in [2.24, 2.45) is 0 Å². The number of halogens is 1. The zero-order chi connectivity index (χ0) is 19.2. The van der Waals surface area contributed by atoms with Crippen LogP contribution in [0.25, 0.3) is 6.08 Å². The third-order valence-corrected chi connectivity index (χ3v) is 5.01. The Morgan fingerprint density at radius 3 is 2.74 bits per heavy atom. The van der Waals surface area contributed by atoms with Crippen molar-refractivity contribution in [3.05, 3.63) is 41.1 Å². The molecular formula is C20H24ClN3O3. The van der Waals surface area contributed by atoms with Gasteiger partial charge < -0.3 is 14.8 Å². The maximum absolute atomic E-state index is 12.4. The molecular weight excluding hydrogens is 366 g/mol. The summed E-state index contributed by atoms with van der Waals surface area (Å²) in [4.78, 5) is 12.4. The number of amides is 1. The average Bonchev–Trinajstić information content (AvgIpc) is 3.14. The molecule has 1 aliphatic rings. The van der Waals surface area contributed by atoms with E-state index in [0.29, 0.717) is 22.6 Å². The smallest absolute Gasteiger partial charge is 0.249 e. The van der Waals surface area contributed by atoms with Crippen molar-refractivity contribution in [3.63, 3.8) is 0 Å². The van der Waals surface area contributed by atoms with Crippen molar-refractivity contribution in [2.75, 3.05) is 19.5 Å². The van der Waals surface area contributed by atoms with Crippen LogP contribution in [0.15, 0.2) is 30.5 Å². The Labute approximate surface area is 164 Å². The second-order valence-electron chi connectivity index (χ2n) is 6.51. The summed E-state index contributed by atoms with van der Waals surface area (Å²) in [6.45, 7) is 0. The summed E-state index contributed by atoms with van der Waals surface area (Å²) in [6, 6.07) is 5.67. The standard InChI is InChI=1S/C20H24ClN3O3/c1-26-17-13-14(12-16(21)20(17)27-2)8-9-19(25)23-18-10-11-22-24(18)15-6-4-3-5-7-15/h8-13,15H,3-7H2,1-2H3,(H,23,25)/b9-8+. The lowest BCUT2D eigenvalue weighted by Crippen LogP contribution is -2.19. The SMILES string of the molecule is COc1cc(/C=C/C(=O)Nc2ccnn2C2CCCCC2)cc(Cl)c1OC. The first-order valence-corrected chi connectivity index (χ1v) is 9.44. The molecule has 0 unspecified atom stereocenters. The van der Waals surface area contributed by atoms with Gasteiger partial charge in [-0.2, -0.15) is 5.10 Å². The maximum Gasteiger partial charge on any atom is 0.249 e. The van der Waals surface area contributed by atoms with Crippen molar-refractivity contribution in [2.45, 2.75) is 38.1 Å². The van der Waals surface area contributed by atoms with Crippen LogP contribution in [0.3, 0.4) is 0 Å². The highest BCUT2D eigenvalue weighted by Gasteiger charge is 2.18. The summed E-state index contributed by atoms with van der Waals surface area (Å²) in [6.07, 6.45) is 10.8. The molecule has 144 valence electrons. The van der Waals surface area contributed by atoms with Crippen LogP contribution in [0, 0.1) is 0 Å². The fraction of sp³-hybridized carbons (Fsp3) is 0.400. The number of methoxy groups -OCH3 is 2. The number of aromatic nitrogens is 2. The topological polar surface area (TPSA) is 65.4 Å². The van der Waals surface area contributed by atoms with Crippen LogP contribution in [-0.2, 0) is 4.79 Å². The van der Waals surface area contributed by atoms with Gasteiger partial charge in [0.1, 0.15) is 5.82 Å². The maximum atomic E-state index is 12.4. The number of nitrogens with one attached hydrogen (secondary N) is 1. The van der Waals surface area contributed by atoms with Crippen LogP contribution >= 0.6 is 11.6 Å². The van der Waals surface area contributed by atoms with Crippen LogP contribution in [-0.4, -0.2) is 29.9 Å². The molecule has 7 heteroatoms. The molecule has 0 aliphatic heterocycles. The van der Waals surface area contributed by atoms with Crippen molar-refractivity contribution in [1.29, 1.82) is 0 Å². The quantitative estimate of drug-likeness (QED) is 0.726. The summed E-state index contributed by atoms with van der Waals surface area (Å²) in [5.41, 5.74) is 0.744. The minimum atomic E-state index is -0.224. The molecule has 0 spiro atoms. The summed E-state index contributed by atoms with van der Waals surface area (Å²) in [7, 11) is 3.07. The summed E-state index contributed by atoms with van der Waals surface area (Å²) < 4.78 is 12.4. The number of anilines is 1. The number of carbonyl (C=O) groups is 1. The second-order valence-corrected chi connectivity index (χ2v) is 6.92. The predicted molar refractivity (Wildman–Crippen MR) is 107 cm³/mol. The average molecular weight is 390 g/mol. The number of hydrogen-bond donors (Lipinski definition) is 1. The molecule has 6 nitrogen and oxygen atoms in total. The molecule has 1 fully saturated rings. The first-order valence-electron chi connectivity index (χ1n) is 9.06. The highest BCUT2D eigenvalue weighted by molar-refractivity contribution is 6.32. The Hall–Kier alpha value is -2.47. The number of ether oxygens (including phenoxy) is 2. The first kappa shape index (κ1) is 19.3. The highest BCUT2D eigenvalue weighted by Crippen LogP contribution is 2.36. The lowest BCUT2D eigenvalue weighted by Gasteiger charge is -2.23. The molecule has 1 amide bonds. The normalized spacial score (nSPS) is 15.1. The largest absolute Gasteiger partial charge is 0.493 e. The molecule has 0 bridgehead atoms. The van der Waals surface area contributed by atoms with Crippen LogP contribution in [0.2, 0.25) is 5.02 Å². The van der Waals surface area contributed by atoms with E-state index in [1.54, 1.807) is 31.5 Å². The Balaban J connectivity index is 1.70. The zero-order valence-corrected chi connectivity index (χ0v) is 16.3. The number of carbonyl (C=O) groups excluding carboxylic acids is 1. The van der Waals surface area contributed by atoms with Gasteiger partial charge in [0.05, 0.1) is 31.5 Å². The Morgan fingerprint density at radius 2 is 2.04 bits per heavy atom. The number of rotatable bonds is 6. The van der Waals surface area contributed by atoms with Crippen molar-refractivity contribution >= 4 is 29.4 Å². The summed E-state index contributed by atoms with van der Waals surface area (Å²) in [5, 5.41) is 7.73. The molecule has 1 aliphatic carbocycles. The van der Waals surface area contributed by atoms with Crippen LogP contribution < -0.4 is 14.8 Å². The molecule has 1 N–H and O–H groups in total. The lowest BCUT2D eigenvalue weighted by molar-refractivity contribution is -0.111. The van der Waals surface area contributed by atoms with E-state index in [-0.39, 0.29) is 5.91 Å². The van der Waals surface area contributed by atoms with Crippen LogP contribution in [0.1, 0.15) is 43.7 Å². The van der Waals surface area contributed by atoms with Crippen LogP contribution in [0.5, 0.6) is 11.5 Å². The van der Waals surface area contributed by atoms with Gasteiger partial charge in [0.25, 0.3) is 0 Å². The highest BCUT2D eigenvalue weighted by atomic mass is 35.5. The molecule has 1 aromatic heterocycles. The summed E-state index contributed by atoms with van der Waals surface area (Å²) >= 11 is 6.20. The van der Waals surface area contributed by atoms with E-state index in [2.05, 4.69) is 10.4 Å². The molecule has 1 saturated carbocycles. The number of hydrogen-bond acceptors (Lipinski definition) is 4. The Morgan fingerprint density at radius 1 is 1.26 bits per heavy atom. The molecule has 2 aromatic rings. The van der Waals surface area contributed by atoms with Gasteiger partial charge in [-0.3, -0.25) is 4.79 Å². The van der Waals surface area contributed by atoms with E-state index >= 15 is 0 Å². The van der Waals surface area contributed by atoms with Crippen molar-refractivity contribution in [1.82, 2.24) is 9.78 Å². The fourth-order valence-corrected chi connectivity index (χ4v) is 3.70. The predicted octanol–water partition coefficient (Wildman–Crippen LogP) is 4.71. The van der Waals surface area contributed by atoms with Crippen molar-refractivity contribution in [3.8, 4) is 11.5 Å². The third kappa shape index (κ3) is 4.63. The molecule has 3 rings (SSSR count). The van der Waals surface area contributed by atoms with Gasteiger partial charge in [0.2, 0.25) is 5.91 Å². The van der Waals surface area contributed by atoms with Gasteiger partial charge in [-0.05, 0) is 36.6 Å². The van der Waals surface area contributed by atoms with Gasteiger partial charge in [-0.15, -0.1) is 0 Å². The van der Waals surface area contributed by atoms with E-state index < -0.39 is 0 Å². The van der Waals surface area contributed by atoms with Crippen LogP contribution in [0.4, 0.5) is 5.82 Å². The minimum Gasteiger partial charge on any atom is -0.493 e. The van der Waals surface area contributed by atoms with Gasteiger partial charge in [0, 0.05) is 12.1 Å². The van der Waals surface area contributed by atoms with Gasteiger partial charge >= 0.3 is 0 Å². The van der Waals surface area contributed by atoms with Gasteiger partial charge in [-0.1, -0.05) is 30.9 Å². The monoisotopic (exact) mass is 389 g/mol. The second kappa shape index (κ2) is 8.95. The fourth-order valence-electron chi connectivity index (χ4n) is 3.40. The zero-order valence-electron chi connectivity index (χ0n) is 15.6. The van der Waals surface area contributed by atoms with E-state index in [0.717, 1.165) is 24.2 Å². The molecule has 27 heavy (non-hydrogen) atoms. The third-order valence-electron chi connectivity index (χ3n) is 4.73. The molecule has 0 saturated heterocycles. The van der Waals surface area contributed by atoms with Gasteiger partial charge in [-0.25, -0.2) is 4.68 Å². The molecule has 1 heterocycles. The Bertz CT molecular complexity index is 826. The van der Waals surface area contributed by atoms with E-state index in [1.165, 1.54) is 32.4 Å². The Kier molecular flexibility index (Phi) is 6.40. The number of nitrogens with zero attached hydrogens (tertiary/aromatic N) is 2. The number of benzene rings is 1. The van der Waals surface area contributed by atoms with E-state index in [9.17, 15) is 4.79 Å². The van der Waals surface area contributed by atoms with E-state index in [1.807, 2.05) is 10.7 Å².